The highest BCUT2D eigenvalue weighted by Gasteiger charge is 2.26. The van der Waals surface area contributed by atoms with Crippen LogP contribution in [-0.4, -0.2) is 13.7 Å². The largest absolute Gasteiger partial charge is 0.309 e. The van der Waals surface area contributed by atoms with Crippen molar-refractivity contribution in [2.75, 3.05) is 0 Å². The molecule has 0 saturated carbocycles. The van der Waals surface area contributed by atoms with Crippen LogP contribution in [-0.2, 0) is 6.42 Å². The molecule has 0 atom stereocenters. The third kappa shape index (κ3) is 10.1. The maximum atomic E-state index is 3.59. The molecule has 0 fully saturated rings. The van der Waals surface area contributed by atoms with Gasteiger partial charge in [0, 0.05) is 53.9 Å². The molecule has 0 bridgehead atoms. The third-order valence-electron chi connectivity index (χ3n) is 23.2. The number of benzene rings is 18. The van der Waals surface area contributed by atoms with Gasteiger partial charge in [-0.05, 0) is 236 Å². The van der Waals surface area contributed by atoms with E-state index in [2.05, 4.69) is 418 Å². The second kappa shape index (κ2) is 25.3. The average molecular weight is 1450 g/mol. The third-order valence-corrected chi connectivity index (χ3v) is 23.6. The molecule has 3 aliphatic carbocycles. The van der Waals surface area contributed by atoms with Crippen molar-refractivity contribution < 1.29 is 0 Å². The lowest BCUT2D eigenvalue weighted by Gasteiger charge is -2.13. The van der Waals surface area contributed by atoms with Crippen LogP contribution in [0.25, 0.3) is 204 Å². The van der Waals surface area contributed by atoms with Crippen LogP contribution >= 0.6 is 15.9 Å². The first-order valence-electron chi connectivity index (χ1n) is 37.6. The molecule has 0 N–H and O–H groups in total. The summed E-state index contributed by atoms with van der Waals surface area (Å²) < 4.78 is 8.31. The van der Waals surface area contributed by atoms with Crippen LogP contribution < -0.4 is 0 Å². The van der Waals surface area contributed by atoms with Gasteiger partial charge in [0.15, 0.2) is 0 Å². The van der Waals surface area contributed by atoms with E-state index in [9.17, 15) is 0 Å². The quantitative estimate of drug-likeness (QED) is 0.151. The van der Waals surface area contributed by atoms with Gasteiger partial charge in [-0.2, -0.15) is 0 Å². The van der Waals surface area contributed by atoms with E-state index >= 15 is 0 Å². The zero-order chi connectivity index (χ0) is 71.8. The summed E-state index contributed by atoms with van der Waals surface area (Å²) in [6, 6.07) is 142. The van der Waals surface area contributed by atoms with Crippen LogP contribution in [0.2, 0.25) is 0 Å². The summed E-state index contributed by atoms with van der Waals surface area (Å²) in [7, 11) is 0. The highest BCUT2D eigenvalue weighted by molar-refractivity contribution is 9.10. The van der Waals surface area contributed by atoms with Gasteiger partial charge in [-0.1, -0.05) is 307 Å². The SMILES string of the molecule is Brc1cccc(-c2ccc3c4c(cccc24)-c2ccccc2-3)c1.c1ccc(-n2c3ccccc3c3cc(-c4ccc5c(c4)Cc4ccccc4-5)ccc32)cc1.c1ccc(-n2c3ccccc3c3cc(-c4ccc5c6ccccc6n(-c6cccc(-c7ccc8c9c(cccc79)-c7ccccc7-8)c6)c5c4)ccc32)cc1. The van der Waals surface area contributed by atoms with Crippen molar-refractivity contribution in [1.82, 2.24) is 13.7 Å². The van der Waals surface area contributed by atoms with Gasteiger partial charge in [0.1, 0.15) is 0 Å². The molecule has 24 rings (SSSR count). The van der Waals surface area contributed by atoms with Crippen molar-refractivity contribution in [2.45, 2.75) is 6.42 Å². The molecule has 0 unspecified atom stereocenters. The number of rotatable bonds is 7. The molecule has 4 heteroatoms. The van der Waals surface area contributed by atoms with Crippen LogP contribution in [0.5, 0.6) is 0 Å². The molecule has 3 aromatic heterocycles. The molecule has 3 heterocycles. The number of para-hydroxylation sites is 5. The Hall–Kier alpha value is -13.6. The molecule has 0 saturated heterocycles. The van der Waals surface area contributed by atoms with Gasteiger partial charge in [-0.3, -0.25) is 0 Å². The molecule has 109 heavy (non-hydrogen) atoms. The fraction of sp³-hybridized carbons (Fsp3) is 0.00952. The summed E-state index contributed by atoms with van der Waals surface area (Å²) in [6.07, 6.45) is 1.02. The minimum absolute atomic E-state index is 1.02. The number of halogens is 1. The molecule has 508 valence electrons. The zero-order valence-electron chi connectivity index (χ0n) is 59.4. The number of aromatic nitrogens is 3. The predicted octanol–water partition coefficient (Wildman–Crippen LogP) is 29.0. The van der Waals surface area contributed by atoms with Gasteiger partial charge in [-0.25, -0.2) is 0 Å². The van der Waals surface area contributed by atoms with E-state index in [1.807, 2.05) is 0 Å². The van der Waals surface area contributed by atoms with Crippen LogP contribution in [0.4, 0.5) is 0 Å². The number of fused-ring (bicyclic) bond motifs is 18. The minimum Gasteiger partial charge on any atom is -0.309 e. The van der Waals surface area contributed by atoms with E-state index in [1.165, 1.54) is 210 Å². The van der Waals surface area contributed by atoms with E-state index < -0.39 is 0 Å². The fourth-order valence-corrected chi connectivity index (χ4v) is 18.8. The van der Waals surface area contributed by atoms with Gasteiger partial charge >= 0.3 is 0 Å². The Balaban J connectivity index is 0.000000112. The highest BCUT2D eigenvalue weighted by Crippen LogP contribution is 2.52. The molecule has 3 nitrogen and oxygen atoms in total. The van der Waals surface area contributed by atoms with Crippen molar-refractivity contribution in [2.24, 2.45) is 0 Å². The molecule has 18 aromatic carbocycles. The average Bonchev–Trinajstić information content (AvgIpc) is 1.59. The van der Waals surface area contributed by atoms with Crippen molar-refractivity contribution in [3.05, 3.63) is 404 Å². The maximum absolute atomic E-state index is 3.59. The Labute approximate surface area is 639 Å². The van der Waals surface area contributed by atoms with Crippen LogP contribution in [0, 0.1) is 0 Å². The summed E-state index contributed by atoms with van der Waals surface area (Å²) in [5.74, 6) is 0. The molecular formula is C105H66BrN3. The van der Waals surface area contributed by atoms with Crippen LogP contribution in [0.1, 0.15) is 11.1 Å². The van der Waals surface area contributed by atoms with Crippen LogP contribution in [0.15, 0.2) is 393 Å². The summed E-state index contributed by atoms with van der Waals surface area (Å²) >= 11 is 3.59. The smallest absolute Gasteiger partial charge is 0.0547 e. The van der Waals surface area contributed by atoms with Gasteiger partial charge in [0.05, 0.1) is 33.1 Å². The first-order valence-corrected chi connectivity index (χ1v) is 38.4. The first kappa shape index (κ1) is 62.7. The molecule has 3 aliphatic rings. The lowest BCUT2D eigenvalue weighted by atomic mass is 9.94. The van der Waals surface area contributed by atoms with Crippen molar-refractivity contribution >= 4 is 103 Å². The minimum atomic E-state index is 1.02. The molecule has 0 spiro atoms. The summed E-state index contributed by atoms with van der Waals surface area (Å²) in [6.45, 7) is 0. The zero-order valence-corrected chi connectivity index (χ0v) is 61.0. The molecular weight excluding hydrogens is 1380 g/mol. The molecule has 21 aromatic rings. The van der Waals surface area contributed by atoms with E-state index in [-0.39, 0.29) is 0 Å². The van der Waals surface area contributed by atoms with Gasteiger partial charge in [-0.15, -0.1) is 0 Å². The lowest BCUT2D eigenvalue weighted by Crippen LogP contribution is -1.95. The van der Waals surface area contributed by atoms with E-state index in [0.29, 0.717) is 0 Å². The standard InChI is InChI=1S/C52H32N2.C31H21N.C22H13Br/c1-2-13-36(14-3-1)53-49-23-9-7-19-42(49)47-31-33(25-29-50(47)53)34-24-26-43-41-18-6-8-22-48(41)54(51(43)32-34)37-15-10-12-35(30-37)38-27-28-46-40-17-5-4-16-39(40)45-21-11-20-44(38)52(45)46;1-2-9-25(10-3-1)32-30-13-7-6-12-28(30)29-20-22(15-17-31(29)32)21-14-16-27-24(18-21)19-23-8-4-5-11-26(23)27;23-15-6-3-5-14(13-15)16-11-12-21-18-8-2-1-7-17(18)20-10-4-9-19(16)22(20)21/h1-32H;1-18,20H,19H2;1-13H. The Bertz CT molecular complexity index is 7270. The molecule has 0 aliphatic heterocycles. The monoisotopic (exact) mass is 1450 g/mol. The fourth-order valence-electron chi connectivity index (χ4n) is 18.4. The maximum Gasteiger partial charge on any atom is 0.0547 e. The second-order valence-electron chi connectivity index (χ2n) is 29.1. The van der Waals surface area contributed by atoms with Gasteiger partial charge in [0.2, 0.25) is 0 Å². The normalized spacial score (nSPS) is 12.0. The highest BCUT2D eigenvalue weighted by atomic mass is 79.9. The summed E-state index contributed by atoms with van der Waals surface area (Å²) in [5, 5.41) is 13.0. The lowest BCUT2D eigenvalue weighted by molar-refractivity contribution is 1.18. The number of nitrogens with zero attached hydrogens (tertiary/aromatic N) is 3. The van der Waals surface area contributed by atoms with E-state index in [4.69, 9.17) is 0 Å². The topological polar surface area (TPSA) is 14.8 Å². The summed E-state index contributed by atoms with van der Waals surface area (Å²) in [4.78, 5) is 0. The summed E-state index contributed by atoms with van der Waals surface area (Å²) in [5.41, 5.74) is 37.2. The Kier molecular flexibility index (Phi) is 14.5. The van der Waals surface area contributed by atoms with E-state index in [0.717, 1.165) is 16.6 Å². The number of hydrogen-bond donors (Lipinski definition) is 0. The van der Waals surface area contributed by atoms with Gasteiger partial charge < -0.3 is 13.7 Å². The first-order chi connectivity index (χ1) is 54.0. The Morgan fingerprint density at radius 2 is 0.523 bits per heavy atom. The number of hydrogen-bond acceptors (Lipinski definition) is 0. The second-order valence-corrected chi connectivity index (χ2v) is 30.0. The molecule has 0 radical (unpaired) electrons. The Morgan fingerprint density at radius 3 is 1.07 bits per heavy atom. The van der Waals surface area contributed by atoms with Crippen molar-refractivity contribution in [3.63, 3.8) is 0 Å². The van der Waals surface area contributed by atoms with Gasteiger partial charge in [0.25, 0.3) is 0 Å². The Morgan fingerprint density at radius 1 is 0.174 bits per heavy atom. The molecule has 0 amide bonds. The van der Waals surface area contributed by atoms with Crippen molar-refractivity contribution in [1.29, 1.82) is 0 Å². The predicted molar refractivity (Wildman–Crippen MR) is 464 cm³/mol. The van der Waals surface area contributed by atoms with Crippen molar-refractivity contribution in [3.8, 4) is 117 Å². The van der Waals surface area contributed by atoms with E-state index in [1.54, 1.807) is 0 Å². The van der Waals surface area contributed by atoms with Crippen LogP contribution in [0.3, 0.4) is 0 Å².